The number of hydrogen-bond donors (Lipinski definition) is 2. The van der Waals surface area contributed by atoms with E-state index in [1.165, 1.54) is 50.9 Å². The lowest BCUT2D eigenvalue weighted by atomic mass is 10.2. The number of methoxy groups -OCH3 is 2. The summed E-state index contributed by atoms with van der Waals surface area (Å²) in [5.74, 6) is 0.558. The van der Waals surface area contributed by atoms with E-state index in [0.29, 0.717) is 22.6 Å². The standard InChI is InChI=1S/C22H19N3O6/c1-30-21-9-14(3-7-19(21)26)12-23-16-5-6-17(18(11-16)25(28)29)24-13-15-4-8-20(27)22(10-15)31-2/h3-13,26-27H,1-2H3. The van der Waals surface area contributed by atoms with Crippen molar-refractivity contribution in [2.75, 3.05) is 14.2 Å². The molecule has 0 saturated heterocycles. The van der Waals surface area contributed by atoms with Gasteiger partial charge in [0.05, 0.1) is 24.8 Å². The number of nitro groups is 1. The van der Waals surface area contributed by atoms with Crippen molar-refractivity contribution in [1.29, 1.82) is 0 Å². The summed E-state index contributed by atoms with van der Waals surface area (Å²) in [7, 11) is 2.86. The summed E-state index contributed by atoms with van der Waals surface area (Å²) in [5.41, 5.74) is 1.57. The zero-order chi connectivity index (χ0) is 22.4. The van der Waals surface area contributed by atoms with E-state index in [0.717, 1.165) is 0 Å². The van der Waals surface area contributed by atoms with Crippen molar-refractivity contribution >= 4 is 29.5 Å². The van der Waals surface area contributed by atoms with Crippen LogP contribution in [0.1, 0.15) is 11.1 Å². The Morgan fingerprint density at radius 3 is 1.90 bits per heavy atom. The Morgan fingerprint density at radius 2 is 1.39 bits per heavy atom. The number of rotatable bonds is 7. The largest absolute Gasteiger partial charge is 0.504 e. The van der Waals surface area contributed by atoms with Gasteiger partial charge in [-0.25, -0.2) is 4.99 Å². The quantitative estimate of drug-likeness (QED) is 0.328. The maximum Gasteiger partial charge on any atom is 0.296 e. The van der Waals surface area contributed by atoms with E-state index < -0.39 is 4.92 Å². The van der Waals surface area contributed by atoms with Gasteiger partial charge in [-0.3, -0.25) is 15.1 Å². The van der Waals surface area contributed by atoms with Gasteiger partial charge >= 0.3 is 0 Å². The lowest BCUT2D eigenvalue weighted by Gasteiger charge is -2.04. The number of benzene rings is 3. The third-order valence-electron chi connectivity index (χ3n) is 4.28. The van der Waals surface area contributed by atoms with Crippen LogP contribution in [0.3, 0.4) is 0 Å². The van der Waals surface area contributed by atoms with Crippen molar-refractivity contribution < 1.29 is 24.6 Å². The summed E-state index contributed by atoms with van der Waals surface area (Å²) in [6.45, 7) is 0. The van der Waals surface area contributed by atoms with Crippen LogP contribution < -0.4 is 9.47 Å². The fourth-order valence-electron chi connectivity index (χ4n) is 2.69. The molecular formula is C22H19N3O6. The molecule has 158 valence electrons. The van der Waals surface area contributed by atoms with Gasteiger partial charge in [0.15, 0.2) is 23.0 Å². The molecule has 3 aromatic rings. The molecule has 3 aromatic carbocycles. The number of nitro benzene ring substituents is 1. The van der Waals surface area contributed by atoms with Crippen LogP contribution in [-0.4, -0.2) is 41.8 Å². The maximum absolute atomic E-state index is 11.5. The van der Waals surface area contributed by atoms with E-state index in [1.54, 1.807) is 30.3 Å². The van der Waals surface area contributed by atoms with E-state index in [2.05, 4.69) is 9.98 Å². The van der Waals surface area contributed by atoms with E-state index in [4.69, 9.17) is 9.47 Å². The zero-order valence-corrected chi connectivity index (χ0v) is 16.7. The van der Waals surface area contributed by atoms with Crippen LogP contribution in [0.25, 0.3) is 0 Å². The molecule has 0 fully saturated rings. The van der Waals surface area contributed by atoms with Gasteiger partial charge in [0, 0.05) is 18.5 Å². The minimum atomic E-state index is -0.535. The molecule has 0 aliphatic heterocycles. The van der Waals surface area contributed by atoms with Gasteiger partial charge < -0.3 is 19.7 Å². The molecule has 0 spiro atoms. The second-order valence-corrected chi connectivity index (χ2v) is 6.31. The number of phenolic OH excluding ortho intramolecular Hbond substituents is 2. The highest BCUT2D eigenvalue weighted by Crippen LogP contribution is 2.32. The lowest BCUT2D eigenvalue weighted by molar-refractivity contribution is -0.384. The summed E-state index contributed by atoms with van der Waals surface area (Å²) in [4.78, 5) is 19.4. The topological polar surface area (TPSA) is 127 Å². The van der Waals surface area contributed by atoms with Gasteiger partial charge in [-0.05, 0) is 59.7 Å². The fraction of sp³-hybridized carbons (Fsp3) is 0.0909. The molecule has 0 saturated carbocycles. The van der Waals surface area contributed by atoms with Crippen molar-refractivity contribution in [2.45, 2.75) is 0 Å². The molecule has 2 N–H and O–H groups in total. The molecule has 0 aliphatic carbocycles. The summed E-state index contributed by atoms with van der Waals surface area (Å²) in [6.07, 6.45) is 2.95. The first-order chi connectivity index (χ1) is 14.9. The number of phenols is 2. The third-order valence-corrected chi connectivity index (χ3v) is 4.28. The predicted octanol–water partition coefficient (Wildman–Crippen LogP) is 4.52. The molecule has 3 rings (SSSR count). The lowest BCUT2D eigenvalue weighted by Crippen LogP contribution is -1.90. The minimum absolute atomic E-state index is 0.00347. The molecule has 0 heterocycles. The monoisotopic (exact) mass is 421 g/mol. The highest BCUT2D eigenvalue weighted by molar-refractivity contribution is 5.86. The highest BCUT2D eigenvalue weighted by Gasteiger charge is 2.14. The van der Waals surface area contributed by atoms with Gasteiger partial charge in [0.2, 0.25) is 0 Å². The van der Waals surface area contributed by atoms with Crippen LogP contribution in [0.4, 0.5) is 17.1 Å². The predicted molar refractivity (Wildman–Crippen MR) is 117 cm³/mol. The normalized spacial score (nSPS) is 11.2. The number of ether oxygens (including phenoxy) is 2. The molecule has 0 aromatic heterocycles. The summed E-state index contributed by atoms with van der Waals surface area (Å²) < 4.78 is 10.1. The van der Waals surface area contributed by atoms with Crippen LogP contribution in [0.5, 0.6) is 23.0 Å². The van der Waals surface area contributed by atoms with Crippen LogP contribution in [0.15, 0.2) is 64.6 Å². The average Bonchev–Trinajstić information content (AvgIpc) is 2.78. The Kier molecular flexibility index (Phi) is 6.46. The Bertz CT molecular complexity index is 1170. The molecule has 9 heteroatoms. The molecule has 0 bridgehead atoms. The molecule has 0 atom stereocenters. The van der Waals surface area contributed by atoms with Crippen LogP contribution in [-0.2, 0) is 0 Å². The third kappa shape index (κ3) is 5.15. The number of nitrogens with zero attached hydrogens (tertiary/aromatic N) is 3. The first kappa shape index (κ1) is 21.3. The molecule has 0 unspecified atom stereocenters. The Labute approximate surface area is 177 Å². The summed E-state index contributed by atoms with van der Waals surface area (Å²) in [6, 6.07) is 13.7. The van der Waals surface area contributed by atoms with Gasteiger partial charge in [0.1, 0.15) is 5.69 Å². The van der Waals surface area contributed by atoms with E-state index in [-0.39, 0.29) is 28.6 Å². The number of aromatic hydroxyl groups is 2. The van der Waals surface area contributed by atoms with Crippen molar-refractivity contribution in [2.24, 2.45) is 9.98 Å². The van der Waals surface area contributed by atoms with Crippen molar-refractivity contribution in [1.82, 2.24) is 0 Å². The van der Waals surface area contributed by atoms with Crippen LogP contribution >= 0.6 is 0 Å². The van der Waals surface area contributed by atoms with Gasteiger partial charge in [-0.1, -0.05) is 0 Å². The van der Waals surface area contributed by atoms with E-state index in [9.17, 15) is 20.3 Å². The minimum Gasteiger partial charge on any atom is -0.504 e. The maximum atomic E-state index is 11.5. The van der Waals surface area contributed by atoms with Crippen LogP contribution in [0.2, 0.25) is 0 Å². The van der Waals surface area contributed by atoms with Crippen molar-refractivity contribution in [3.05, 3.63) is 75.8 Å². The van der Waals surface area contributed by atoms with Gasteiger partial charge in [-0.15, -0.1) is 0 Å². The first-order valence-electron chi connectivity index (χ1n) is 9.02. The molecule has 0 amide bonds. The second-order valence-electron chi connectivity index (χ2n) is 6.31. The van der Waals surface area contributed by atoms with Crippen LogP contribution in [0, 0.1) is 10.1 Å². The smallest absolute Gasteiger partial charge is 0.296 e. The molecule has 9 nitrogen and oxygen atoms in total. The van der Waals surface area contributed by atoms with Crippen molar-refractivity contribution in [3.8, 4) is 23.0 Å². The molecular weight excluding hydrogens is 402 g/mol. The fourth-order valence-corrected chi connectivity index (χ4v) is 2.69. The Morgan fingerprint density at radius 1 is 0.839 bits per heavy atom. The number of hydrogen-bond acceptors (Lipinski definition) is 8. The zero-order valence-electron chi connectivity index (χ0n) is 16.7. The molecule has 0 aliphatic rings. The summed E-state index contributed by atoms with van der Waals surface area (Å²) >= 11 is 0. The highest BCUT2D eigenvalue weighted by atomic mass is 16.6. The number of aliphatic imine (C=N–C) groups is 2. The first-order valence-corrected chi connectivity index (χ1v) is 9.02. The SMILES string of the molecule is COc1cc(C=Nc2ccc(N=Cc3ccc(O)c(OC)c3)c([N+](=O)[O-])c2)ccc1O. The van der Waals surface area contributed by atoms with E-state index in [1.807, 2.05) is 0 Å². The van der Waals surface area contributed by atoms with E-state index >= 15 is 0 Å². The Hall–Kier alpha value is -4.40. The van der Waals surface area contributed by atoms with Crippen molar-refractivity contribution in [3.63, 3.8) is 0 Å². The second kappa shape index (κ2) is 9.40. The molecule has 0 radical (unpaired) electrons. The average molecular weight is 421 g/mol. The molecule has 31 heavy (non-hydrogen) atoms. The summed E-state index contributed by atoms with van der Waals surface area (Å²) in [5, 5.41) is 30.8. The van der Waals surface area contributed by atoms with Gasteiger partial charge in [0.25, 0.3) is 5.69 Å². The Balaban J connectivity index is 1.87. The van der Waals surface area contributed by atoms with Gasteiger partial charge in [-0.2, -0.15) is 0 Å².